The van der Waals surface area contributed by atoms with Crippen LogP contribution in [0.5, 0.6) is 0 Å². The van der Waals surface area contributed by atoms with Crippen molar-refractivity contribution >= 4 is 5.97 Å². The maximum Gasteiger partial charge on any atom is 0.333 e. The quantitative estimate of drug-likeness (QED) is 0.580. The fourth-order valence-electron chi connectivity index (χ4n) is 4.28. The largest absolute Gasteiger partial charge is 0.459 e. The molecule has 150 valence electrons. The lowest BCUT2D eigenvalue weighted by Crippen LogP contribution is -2.44. The zero-order valence-corrected chi connectivity index (χ0v) is 16.9. The van der Waals surface area contributed by atoms with Crippen LogP contribution in [0.25, 0.3) is 0 Å². The van der Waals surface area contributed by atoms with Crippen LogP contribution in [0.4, 0.5) is 0 Å². The minimum Gasteiger partial charge on any atom is -0.459 e. The predicted octanol–water partition coefficient (Wildman–Crippen LogP) is 4.27. The standard InChI is InChI=1S/C21H36O5/c1-6-21(26-19(4)14-20(5,23)24-15-19)12-9-7-8-10-17(11-13-21)25-18(22)16(2)3/h17,23H,2,6-15H2,1,3-5H3. The first-order valence-corrected chi connectivity index (χ1v) is 10.0. The Morgan fingerprint density at radius 3 is 2.54 bits per heavy atom. The highest BCUT2D eigenvalue weighted by Crippen LogP contribution is 2.42. The lowest BCUT2D eigenvalue weighted by Gasteiger charge is -2.40. The van der Waals surface area contributed by atoms with Gasteiger partial charge in [-0.1, -0.05) is 26.3 Å². The lowest BCUT2D eigenvalue weighted by molar-refractivity contribution is -0.164. The van der Waals surface area contributed by atoms with Crippen LogP contribution in [0.3, 0.4) is 0 Å². The maximum absolute atomic E-state index is 11.9. The first-order chi connectivity index (χ1) is 12.1. The average molecular weight is 369 g/mol. The number of hydrogen-bond acceptors (Lipinski definition) is 5. The van der Waals surface area contributed by atoms with Gasteiger partial charge in [-0.05, 0) is 59.3 Å². The molecule has 2 rings (SSSR count). The molecule has 1 N–H and O–H groups in total. The molecule has 0 amide bonds. The van der Waals surface area contributed by atoms with Gasteiger partial charge in [0.05, 0.1) is 17.8 Å². The van der Waals surface area contributed by atoms with Crippen LogP contribution in [-0.2, 0) is 19.0 Å². The molecular weight excluding hydrogens is 332 g/mol. The molecule has 4 atom stereocenters. The highest BCUT2D eigenvalue weighted by atomic mass is 16.7. The van der Waals surface area contributed by atoms with Gasteiger partial charge in [0.25, 0.3) is 0 Å². The van der Waals surface area contributed by atoms with E-state index in [2.05, 4.69) is 13.5 Å². The van der Waals surface area contributed by atoms with Crippen molar-refractivity contribution in [2.45, 2.75) is 109 Å². The summed E-state index contributed by atoms with van der Waals surface area (Å²) in [6.45, 7) is 11.6. The molecule has 0 bridgehead atoms. The molecule has 2 aliphatic rings. The van der Waals surface area contributed by atoms with Crippen molar-refractivity contribution in [3.8, 4) is 0 Å². The minimum atomic E-state index is -1.12. The summed E-state index contributed by atoms with van der Waals surface area (Å²) in [4.78, 5) is 11.9. The Bertz CT molecular complexity index is 515. The molecule has 0 radical (unpaired) electrons. The Balaban J connectivity index is 2.08. The van der Waals surface area contributed by atoms with Crippen molar-refractivity contribution in [1.29, 1.82) is 0 Å². The molecule has 1 aliphatic heterocycles. The Morgan fingerprint density at radius 1 is 1.23 bits per heavy atom. The Hall–Kier alpha value is -0.910. The third-order valence-corrected chi connectivity index (χ3v) is 5.70. The zero-order chi connectivity index (χ0) is 19.4. The summed E-state index contributed by atoms with van der Waals surface area (Å²) in [6, 6.07) is 0. The van der Waals surface area contributed by atoms with Crippen molar-refractivity contribution in [1.82, 2.24) is 0 Å². The SMILES string of the molecule is C=C(C)C(=O)OC1CCCCCC(CC)(OC2(C)COC(C)(O)C2)CC1. The van der Waals surface area contributed by atoms with Gasteiger partial charge in [0.15, 0.2) is 5.79 Å². The molecule has 5 heteroatoms. The summed E-state index contributed by atoms with van der Waals surface area (Å²) in [6.07, 6.45) is 8.07. The molecule has 1 aliphatic carbocycles. The van der Waals surface area contributed by atoms with Crippen LogP contribution in [-0.4, -0.2) is 40.8 Å². The van der Waals surface area contributed by atoms with Crippen molar-refractivity contribution < 1.29 is 24.1 Å². The van der Waals surface area contributed by atoms with E-state index in [1.165, 1.54) is 0 Å². The van der Waals surface area contributed by atoms with E-state index in [0.29, 0.717) is 18.6 Å². The molecule has 26 heavy (non-hydrogen) atoms. The van der Waals surface area contributed by atoms with E-state index in [4.69, 9.17) is 14.2 Å². The fraction of sp³-hybridized carbons (Fsp3) is 0.857. The molecule has 2 fully saturated rings. The number of rotatable bonds is 5. The normalized spacial score (nSPS) is 38.9. The van der Waals surface area contributed by atoms with Crippen LogP contribution in [0.15, 0.2) is 12.2 Å². The Kier molecular flexibility index (Phi) is 6.92. The highest BCUT2D eigenvalue weighted by Gasteiger charge is 2.48. The highest BCUT2D eigenvalue weighted by molar-refractivity contribution is 5.87. The topological polar surface area (TPSA) is 65.0 Å². The smallest absolute Gasteiger partial charge is 0.333 e. The van der Waals surface area contributed by atoms with E-state index in [0.717, 1.165) is 51.4 Å². The van der Waals surface area contributed by atoms with Gasteiger partial charge in [-0.2, -0.15) is 0 Å². The van der Waals surface area contributed by atoms with Gasteiger partial charge >= 0.3 is 5.97 Å². The molecule has 0 aromatic heterocycles. The van der Waals surface area contributed by atoms with Crippen LogP contribution in [0.2, 0.25) is 0 Å². The number of ether oxygens (including phenoxy) is 3. The molecule has 0 aromatic carbocycles. The first kappa shape index (κ1) is 21.4. The van der Waals surface area contributed by atoms with Crippen LogP contribution < -0.4 is 0 Å². The summed E-state index contributed by atoms with van der Waals surface area (Å²) in [7, 11) is 0. The summed E-state index contributed by atoms with van der Waals surface area (Å²) in [5.41, 5.74) is -0.311. The number of carbonyl (C=O) groups is 1. The maximum atomic E-state index is 11.9. The van der Waals surface area contributed by atoms with Crippen LogP contribution in [0, 0.1) is 0 Å². The summed E-state index contributed by atoms with van der Waals surface area (Å²) < 4.78 is 17.8. The number of hydrogen-bond donors (Lipinski definition) is 1. The molecule has 1 heterocycles. The van der Waals surface area contributed by atoms with E-state index in [1.54, 1.807) is 13.8 Å². The number of aliphatic hydroxyl groups is 1. The molecule has 0 aromatic rings. The van der Waals surface area contributed by atoms with E-state index in [-0.39, 0.29) is 17.7 Å². The molecule has 4 unspecified atom stereocenters. The van der Waals surface area contributed by atoms with Crippen molar-refractivity contribution in [2.24, 2.45) is 0 Å². The fourth-order valence-corrected chi connectivity index (χ4v) is 4.28. The molecule has 0 spiro atoms. The van der Waals surface area contributed by atoms with Crippen LogP contribution in [0.1, 0.15) is 85.5 Å². The summed E-state index contributed by atoms with van der Waals surface area (Å²) in [5.74, 6) is -1.42. The van der Waals surface area contributed by atoms with Crippen LogP contribution >= 0.6 is 0 Å². The second-order valence-corrected chi connectivity index (χ2v) is 8.67. The average Bonchev–Trinajstić information content (AvgIpc) is 2.88. The van der Waals surface area contributed by atoms with Gasteiger partial charge in [-0.3, -0.25) is 0 Å². The third-order valence-electron chi connectivity index (χ3n) is 5.70. The second-order valence-electron chi connectivity index (χ2n) is 8.67. The van der Waals surface area contributed by atoms with Gasteiger partial charge in [0, 0.05) is 12.0 Å². The van der Waals surface area contributed by atoms with Crippen molar-refractivity contribution in [2.75, 3.05) is 6.61 Å². The van der Waals surface area contributed by atoms with E-state index < -0.39 is 11.4 Å². The monoisotopic (exact) mass is 368 g/mol. The summed E-state index contributed by atoms with van der Waals surface area (Å²) >= 11 is 0. The van der Waals surface area contributed by atoms with Gasteiger partial charge in [0.1, 0.15) is 6.10 Å². The first-order valence-electron chi connectivity index (χ1n) is 10.0. The summed E-state index contributed by atoms with van der Waals surface area (Å²) in [5, 5.41) is 10.2. The Labute approximate surface area is 158 Å². The van der Waals surface area contributed by atoms with E-state index in [1.807, 2.05) is 6.92 Å². The van der Waals surface area contributed by atoms with Crippen molar-refractivity contribution in [3.05, 3.63) is 12.2 Å². The second kappa shape index (κ2) is 8.41. The minimum absolute atomic E-state index is 0.0810. The number of carbonyl (C=O) groups excluding carboxylic acids is 1. The van der Waals surface area contributed by atoms with Gasteiger partial charge < -0.3 is 19.3 Å². The zero-order valence-electron chi connectivity index (χ0n) is 16.9. The van der Waals surface area contributed by atoms with Gasteiger partial charge in [-0.25, -0.2) is 4.79 Å². The number of esters is 1. The van der Waals surface area contributed by atoms with Gasteiger partial charge in [-0.15, -0.1) is 0 Å². The molecular formula is C21H36O5. The molecule has 1 saturated carbocycles. The third kappa shape index (κ3) is 5.80. The lowest BCUT2D eigenvalue weighted by atomic mass is 9.86. The van der Waals surface area contributed by atoms with E-state index in [9.17, 15) is 9.90 Å². The Morgan fingerprint density at radius 2 is 1.96 bits per heavy atom. The van der Waals surface area contributed by atoms with Gasteiger partial charge in [0.2, 0.25) is 0 Å². The molecule has 1 saturated heterocycles. The van der Waals surface area contributed by atoms with Crippen molar-refractivity contribution in [3.63, 3.8) is 0 Å². The van der Waals surface area contributed by atoms with E-state index >= 15 is 0 Å². The predicted molar refractivity (Wildman–Crippen MR) is 101 cm³/mol. The molecule has 5 nitrogen and oxygen atoms in total.